The smallest absolute Gasteiger partial charge is 0.171 e. The molecule has 0 aliphatic heterocycles. The minimum absolute atomic E-state index is 0.853. The minimum atomic E-state index is -3.06. The maximum absolute atomic E-state index is 15.1. The van der Waals surface area contributed by atoms with E-state index in [4.69, 9.17) is 0 Å². The van der Waals surface area contributed by atoms with Crippen LogP contribution in [-0.4, -0.2) is 4.57 Å². The molecule has 4 heteroatoms. The standard InChI is InChI=1S/C36H24NOPS/c38-39(26-11-3-1-4-12-26,27-13-5-2-6-14-27)28-20-22-36-32(24-28)31-23-25(19-21-35(31)40-36)37-33-17-9-7-15-29(33)30-16-8-10-18-34(30)37/h1-24H. The van der Waals surface area contributed by atoms with Gasteiger partial charge in [-0.1, -0.05) is 97.1 Å². The summed E-state index contributed by atoms with van der Waals surface area (Å²) in [5, 5.41) is 7.40. The van der Waals surface area contributed by atoms with Crippen LogP contribution in [0.4, 0.5) is 0 Å². The minimum Gasteiger partial charge on any atom is -0.309 e. The van der Waals surface area contributed by atoms with Gasteiger partial charge in [0.1, 0.15) is 0 Å². The van der Waals surface area contributed by atoms with E-state index in [1.165, 1.54) is 36.6 Å². The summed E-state index contributed by atoms with van der Waals surface area (Å²) >= 11 is 1.79. The molecule has 8 rings (SSSR count). The number of hydrogen-bond donors (Lipinski definition) is 0. The van der Waals surface area contributed by atoms with E-state index >= 15 is 4.57 Å². The number of thiophene rings is 1. The number of hydrogen-bond acceptors (Lipinski definition) is 2. The van der Waals surface area contributed by atoms with Crippen LogP contribution in [0.2, 0.25) is 0 Å². The van der Waals surface area contributed by atoms with Crippen molar-refractivity contribution in [2.24, 2.45) is 0 Å². The fourth-order valence-corrected chi connectivity index (χ4v) is 9.75. The largest absolute Gasteiger partial charge is 0.309 e. The lowest BCUT2D eigenvalue weighted by atomic mass is 10.1. The Morgan fingerprint density at radius 2 is 0.950 bits per heavy atom. The predicted octanol–water partition coefficient (Wildman–Crippen LogP) is 8.79. The van der Waals surface area contributed by atoms with Crippen LogP contribution in [0.15, 0.2) is 146 Å². The van der Waals surface area contributed by atoms with E-state index in [-0.39, 0.29) is 0 Å². The van der Waals surface area contributed by atoms with Gasteiger partial charge in [-0.2, -0.15) is 0 Å². The molecule has 0 unspecified atom stereocenters. The number of aromatic nitrogens is 1. The van der Waals surface area contributed by atoms with Gasteiger partial charge in [-0.25, -0.2) is 0 Å². The molecular formula is C36H24NOPS. The van der Waals surface area contributed by atoms with E-state index in [0.29, 0.717) is 0 Å². The second-order valence-corrected chi connectivity index (χ2v) is 14.0. The molecule has 0 amide bonds. The Bertz CT molecular complexity index is 2150. The van der Waals surface area contributed by atoms with Gasteiger partial charge in [0.25, 0.3) is 0 Å². The van der Waals surface area contributed by atoms with Crippen molar-refractivity contribution < 1.29 is 4.57 Å². The molecule has 0 fully saturated rings. The normalized spacial score (nSPS) is 12.1. The van der Waals surface area contributed by atoms with Crippen molar-refractivity contribution in [3.05, 3.63) is 146 Å². The van der Waals surface area contributed by atoms with Crippen molar-refractivity contribution in [3.8, 4) is 5.69 Å². The Kier molecular flexibility index (Phi) is 5.31. The van der Waals surface area contributed by atoms with Gasteiger partial charge in [0, 0.05) is 52.5 Å². The molecule has 8 aromatic rings. The van der Waals surface area contributed by atoms with Gasteiger partial charge >= 0.3 is 0 Å². The molecule has 0 saturated carbocycles. The van der Waals surface area contributed by atoms with Gasteiger partial charge in [0.05, 0.1) is 11.0 Å². The van der Waals surface area contributed by atoms with Gasteiger partial charge < -0.3 is 9.13 Å². The Morgan fingerprint density at radius 3 is 1.55 bits per heavy atom. The van der Waals surface area contributed by atoms with Crippen LogP contribution in [0.3, 0.4) is 0 Å². The molecule has 0 spiro atoms. The lowest BCUT2D eigenvalue weighted by Crippen LogP contribution is -2.24. The summed E-state index contributed by atoms with van der Waals surface area (Å²) in [6.45, 7) is 0. The number of fused-ring (bicyclic) bond motifs is 6. The molecule has 2 aromatic heterocycles. The molecule has 0 N–H and O–H groups in total. The van der Waals surface area contributed by atoms with Gasteiger partial charge in [0.2, 0.25) is 0 Å². The summed E-state index contributed by atoms with van der Waals surface area (Å²) in [7, 11) is -3.06. The fourth-order valence-electron chi connectivity index (χ4n) is 6.01. The van der Waals surface area contributed by atoms with E-state index in [1.54, 1.807) is 11.3 Å². The Hall–Kier alpha value is -4.43. The van der Waals surface area contributed by atoms with E-state index in [9.17, 15) is 0 Å². The Labute approximate surface area is 236 Å². The van der Waals surface area contributed by atoms with Crippen LogP contribution >= 0.6 is 18.5 Å². The molecule has 6 aromatic carbocycles. The maximum atomic E-state index is 15.1. The van der Waals surface area contributed by atoms with E-state index < -0.39 is 7.14 Å². The first-order valence-corrected chi connectivity index (χ1v) is 15.9. The van der Waals surface area contributed by atoms with Crippen LogP contribution in [0.5, 0.6) is 0 Å². The summed E-state index contributed by atoms with van der Waals surface area (Å²) in [6, 6.07) is 50.1. The average Bonchev–Trinajstić information content (AvgIpc) is 3.56. The zero-order valence-electron chi connectivity index (χ0n) is 21.6. The highest BCUT2D eigenvalue weighted by atomic mass is 32.1. The van der Waals surface area contributed by atoms with Crippen LogP contribution < -0.4 is 15.9 Å². The summed E-state index contributed by atoms with van der Waals surface area (Å²) < 4.78 is 19.9. The van der Waals surface area contributed by atoms with Crippen molar-refractivity contribution in [2.75, 3.05) is 0 Å². The van der Waals surface area contributed by atoms with Gasteiger partial charge in [0.15, 0.2) is 7.14 Å². The van der Waals surface area contributed by atoms with Crippen LogP contribution in [-0.2, 0) is 4.57 Å². The third-order valence-electron chi connectivity index (χ3n) is 7.88. The van der Waals surface area contributed by atoms with Crippen molar-refractivity contribution in [3.63, 3.8) is 0 Å². The molecule has 0 radical (unpaired) electrons. The maximum Gasteiger partial charge on any atom is 0.171 e. The highest BCUT2D eigenvalue weighted by Gasteiger charge is 2.30. The second kappa shape index (κ2) is 9.06. The molecular weight excluding hydrogens is 525 g/mol. The van der Waals surface area contributed by atoms with Crippen molar-refractivity contribution >= 4 is 76.4 Å². The van der Waals surface area contributed by atoms with Crippen LogP contribution in [0.1, 0.15) is 0 Å². The van der Waals surface area contributed by atoms with E-state index in [0.717, 1.165) is 27.0 Å². The van der Waals surface area contributed by atoms with Crippen molar-refractivity contribution in [1.29, 1.82) is 0 Å². The summed E-state index contributed by atoms with van der Waals surface area (Å²) in [4.78, 5) is 0. The number of nitrogens with zero attached hydrogens (tertiary/aromatic N) is 1. The number of benzene rings is 6. The van der Waals surface area contributed by atoms with Crippen molar-refractivity contribution in [2.45, 2.75) is 0 Å². The zero-order valence-corrected chi connectivity index (χ0v) is 23.3. The van der Waals surface area contributed by atoms with E-state index in [1.807, 2.05) is 60.7 Å². The number of rotatable bonds is 4. The first-order chi connectivity index (χ1) is 19.7. The third kappa shape index (κ3) is 3.45. The topological polar surface area (TPSA) is 22.0 Å². The molecule has 190 valence electrons. The van der Waals surface area contributed by atoms with Crippen molar-refractivity contribution in [1.82, 2.24) is 4.57 Å². The SMILES string of the molecule is O=P(c1ccccc1)(c1ccccc1)c1ccc2sc3ccc(-n4c5ccccc5c5ccccc54)cc3c2c1. The quantitative estimate of drug-likeness (QED) is 0.201. The third-order valence-corrected chi connectivity index (χ3v) is 12.1. The molecule has 0 aliphatic carbocycles. The molecule has 0 atom stereocenters. The van der Waals surface area contributed by atoms with Gasteiger partial charge in [-0.3, -0.25) is 0 Å². The molecule has 0 aliphatic rings. The average molecular weight is 550 g/mol. The van der Waals surface area contributed by atoms with Gasteiger partial charge in [-0.05, 0) is 48.5 Å². The first kappa shape index (κ1) is 23.5. The summed E-state index contributed by atoms with van der Waals surface area (Å²) in [5.74, 6) is 0. The Morgan fingerprint density at radius 1 is 0.450 bits per heavy atom. The lowest BCUT2D eigenvalue weighted by molar-refractivity contribution is 0.592. The highest BCUT2D eigenvalue weighted by molar-refractivity contribution is 7.85. The summed E-state index contributed by atoms with van der Waals surface area (Å²) in [6.07, 6.45) is 0. The molecule has 2 heterocycles. The molecule has 40 heavy (non-hydrogen) atoms. The predicted molar refractivity (Wildman–Crippen MR) is 173 cm³/mol. The molecule has 0 saturated heterocycles. The fraction of sp³-hybridized carbons (Fsp3) is 0. The monoisotopic (exact) mass is 549 g/mol. The first-order valence-electron chi connectivity index (χ1n) is 13.4. The van der Waals surface area contributed by atoms with Crippen LogP contribution in [0.25, 0.3) is 47.7 Å². The Balaban J connectivity index is 1.38. The lowest BCUT2D eigenvalue weighted by Gasteiger charge is -2.20. The molecule has 0 bridgehead atoms. The molecule has 2 nitrogen and oxygen atoms in total. The van der Waals surface area contributed by atoms with Gasteiger partial charge in [-0.15, -0.1) is 11.3 Å². The zero-order chi connectivity index (χ0) is 26.7. The van der Waals surface area contributed by atoms with Crippen LogP contribution in [0, 0.1) is 0 Å². The second-order valence-electron chi connectivity index (χ2n) is 10.1. The summed E-state index contributed by atoms with van der Waals surface area (Å²) in [5.41, 5.74) is 3.52. The highest BCUT2D eigenvalue weighted by Crippen LogP contribution is 2.45. The van der Waals surface area contributed by atoms with E-state index in [2.05, 4.69) is 89.5 Å². The number of para-hydroxylation sites is 2.